The summed E-state index contributed by atoms with van der Waals surface area (Å²) in [6.07, 6.45) is -1.04. The minimum Gasteiger partial charge on any atom is -0.434 e. The first-order valence-electron chi connectivity index (χ1n) is 11.5. The topological polar surface area (TPSA) is 176 Å². The van der Waals surface area contributed by atoms with Gasteiger partial charge in [0.15, 0.2) is 12.4 Å². The number of amides is 2. The van der Waals surface area contributed by atoms with Gasteiger partial charge < -0.3 is 14.2 Å². The minimum absolute atomic E-state index is 0.0570. The maximum absolute atomic E-state index is 12.7. The normalized spacial score (nSPS) is 17.6. The van der Waals surface area contributed by atoms with Gasteiger partial charge in [-0.3, -0.25) is 29.4 Å². The largest absolute Gasteiger partial charge is 0.508 e. The summed E-state index contributed by atoms with van der Waals surface area (Å²) in [5, 5.41) is 10.7. The molecule has 2 unspecified atom stereocenters. The summed E-state index contributed by atoms with van der Waals surface area (Å²) in [4.78, 5) is 84.9. The molecular formula is C24H28N2O11. The number of ether oxygens (including phenoxy) is 3. The lowest BCUT2D eigenvalue weighted by Gasteiger charge is -2.49. The van der Waals surface area contributed by atoms with Crippen LogP contribution >= 0.6 is 0 Å². The molecular weight excluding hydrogens is 492 g/mol. The van der Waals surface area contributed by atoms with Gasteiger partial charge >= 0.3 is 24.0 Å². The molecule has 0 aromatic heterocycles. The highest BCUT2D eigenvalue weighted by atomic mass is 16.7. The van der Waals surface area contributed by atoms with Gasteiger partial charge in [0.05, 0.1) is 29.1 Å². The van der Waals surface area contributed by atoms with Gasteiger partial charge in [0, 0.05) is 18.1 Å². The van der Waals surface area contributed by atoms with Crippen LogP contribution in [0.1, 0.15) is 45.0 Å². The molecule has 1 fully saturated rings. The summed E-state index contributed by atoms with van der Waals surface area (Å²) in [6, 6.07) is 3.07. The SMILES string of the molecule is CC(C)COC(=O)OCC(=O)[C@H](C)C1C(C(C)C)C(=O)N1C(=O)C(=O)OC(=O)c1ccc([N+](=O)[O-])cc1. The molecule has 1 aromatic carbocycles. The van der Waals surface area contributed by atoms with E-state index in [0.29, 0.717) is 4.90 Å². The van der Waals surface area contributed by atoms with E-state index >= 15 is 0 Å². The zero-order valence-electron chi connectivity index (χ0n) is 21.0. The Bertz CT molecular complexity index is 1090. The Morgan fingerprint density at radius 3 is 2.11 bits per heavy atom. The van der Waals surface area contributed by atoms with Gasteiger partial charge in [0.1, 0.15) is 0 Å². The highest BCUT2D eigenvalue weighted by Crippen LogP contribution is 2.38. The van der Waals surface area contributed by atoms with Gasteiger partial charge in [-0.05, 0) is 24.0 Å². The molecule has 0 saturated carbocycles. The van der Waals surface area contributed by atoms with Gasteiger partial charge in [-0.2, -0.15) is 0 Å². The van der Waals surface area contributed by atoms with Gasteiger partial charge in [-0.1, -0.05) is 34.6 Å². The summed E-state index contributed by atoms with van der Waals surface area (Å²) in [6.45, 7) is 7.88. The zero-order valence-corrected chi connectivity index (χ0v) is 21.0. The van der Waals surface area contributed by atoms with Crippen molar-refractivity contribution in [2.24, 2.45) is 23.7 Å². The van der Waals surface area contributed by atoms with Crippen molar-refractivity contribution in [2.75, 3.05) is 13.2 Å². The van der Waals surface area contributed by atoms with Crippen LogP contribution in [0.25, 0.3) is 0 Å². The van der Waals surface area contributed by atoms with Crippen LogP contribution in [0.3, 0.4) is 0 Å². The fourth-order valence-electron chi connectivity index (χ4n) is 3.71. The Morgan fingerprint density at radius 2 is 1.59 bits per heavy atom. The maximum Gasteiger partial charge on any atom is 0.508 e. The highest BCUT2D eigenvalue weighted by molar-refractivity contribution is 6.38. The van der Waals surface area contributed by atoms with Crippen molar-refractivity contribution in [3.63, 3.8) is 0 Å². The fraction of sp³-hybridized carbons (Fsp3) is 0.500. The van der Waals surface area contributed by atoms with Gasteiger partial charge in [0.2, 0.25) is 5.91 Å². The van der Waals surface area contributed by atoms with Crippen LogP contribution in [-0.2, 0) is 33.4 Å². The number of hydrogen-bond donors (Lipinski definition) is 0. The molecule has 200 valence electrons. The number of nitro groups is 1. The smallest absolute Gasteiger partial charge is 0.434 e. The van der Waals surface area contributed by atoms with E-state index in [4.69, 9.17) is 9.47 Å². The van der Waals surface area contributed by atoms with E-state index in [1.165, 1.54) is 6.92 Å². The average Bonchev–Trinajstić information content (AvgIpc) is 2.83. The van der Waals surface area contributed by atoms with E-state index in [0.717, 1.165) is 24.3 Å². The van der Waals surface area contributed by atoms with Crippen molar-refractivity contribution >= 4 is 41.4 Å². The van der Waals surface area contributed by atoms with Crippen molar-refractivity contribution in [1.82, 2.24) is 4.90 Å². The van der Waals surface area contributed by atoms with Crippen LogP contribution in [0, 0.1) is 33.8 Å². The summed E-state index contributed by atoms with van der Waals surface area (Å²) >= 11 is 0. The van der Waals surface area contributed by atoms with E-state index < -0.39 is 65.1 Å². The number of hydrogen-bond acceptors (Lipinski definition) is 11. The number of nitrogens with zero attached hydrogens (tertiary/aromatic N) is 2. The number of β-lactam (4-membered cyclic amide) rings is 1. The molecule has 1 aromatic rings. The number of carbonyl (C=O) groups is 6. The molecule has 1 aliphatic heterocycles. The Hall–Kier alpha value is -4.16. The van der Waals surface area contributed by atoms with E-state index in [-0.39, 0.29) is 29.7 Å². The van der Waals surface area contributed by atoms with Crippen LogP contribution in [0.2, 0.25) is 0 Å². The van der Waals surface area contributed by atoms with Crippen molar-refractivity contribution in [1.29, 1.82) is 0 Å². The first-order chi connectivity index (χ1) is 17.3. The number of rotatable bonds is 9. The lowest BCUT2D eigenvalue weighted by Crippen LogP contribution is -2.69. The Morgan fingerprint density at radius 1 is 1.00 bits per heavy atom. The van der Waals surface area contributed by atoms with Crippen molar-refractivity contribution < 1.29 is 47.9 Å². The quantitative estimate of drug-likeness (QED) is 0.117. The number of imide groups is 1. The molecule has 13 heteroatoms. The molecule has 0 bridgehead atoms. The van der Waals surface area contributed by atoms with Crippen molar-refractivity contribution in [3.8, 4) is 0 Å². The Kier molecular flexibility index (Phi) is 9.58. The number of likely N-dealkylation sites (tertiary alicyclic amines) is 1. The molecule has 0 N–H and O–H groups in total. The van der Waals surface area contributed by atoms with Gasteiger partial charge in [-0.25, -0.2) is 14.4 Å². The van der Waals surface area contributed by atoms with Crippen molar-refractivity contribution in [3.05, 3.63) is 39.9 Å². The number of ketones is 1. The molecule has 2 amide bonds. The number of esters is 2. The summed E-state index contributed by atoms with van der Waals surface area (Å²) in [5.74, 6) is -7.72. The maximum atomic E-state index is 12.7. The molecule has 13 nitrogen and oxygen atoms in total. The lowest BCUT2D eigenvalue weighted by molar-refractivity contribution is -0.384. The van der Waals surface area contributed by atoms with Crippen LogP contribution in [0.4, 0.5) is 10.5 Å². The molecule has 37 heavy (non-hydrogen) atoms. The molecule has 3 atom stereocenters. The summed E-state index contributed by atoms with van der Waals surface area (Å²) in [5.41, 5.74) is -0.535. The van der Waals surface area contributed by atoms with Gasteiger partial charge in [-0.15, -0.1) is 0 Å². The first kappa shape index (κ1) is 29.1. The van der Waals surface area contributed by atoms with E-state index in [1.54, 1.807) is 13.8 Å². The van der Waals surface area contributed by atoms with Gasteiger partial charge in [0.25, 0.3) is 5.69 Å². The molecule has 0 aliphatic carbocycles. The molecule has 0 spiro atoms. The van der Waals surface area contributed by atoms with E-state index in [1.807, 2.05) is 13.8 Å². The Labute approximate surface area is 212 Å². The molecule has 1 aliphatic rings. The predicted molar refractivity (Wildman–Crippen MR) is 124 cm³/mol. The second-order valence-electron chi connectivity index (χ2n) is 9.25. The summed E-state index contributed by atoms with van der Waals surface area (Å²) < 4.78 is 14.2. The van der Waals surface area contributed by atoms with Crippen molar-refractivity contribution in [2.45, 2.75) is 40.7 Å². The summed E-state index contributed by atoms with van der Waals surface area (Å²) in [7, 11) is 0. The number of benzene rings is 1. The minimum atomic E-state index is -1.66. The highest BCUT2D eigenvalue weighted by Gasteiger charge is 2.56. The standard InChI is InChI=1S/C24H28N2O11/c1-12(2)10-35-24(32)36-11-17(27)14(5)19-18(13(3)4)20(28)25(19)21(29)23(31)37-22(30)15-6-8-16(9-7-15)26(33)34/h6-9,12-14,18-19H,10-11H2,1-5H3/t14-,18?,19?/m0/s1. The number of non-ortho nitro benzene ring substituents is 1. The third kappa shape index (κ3) is 6.96. The second kappa shape index (κ2) is 12.2. The second-order valence-corrected chi connectivity index (χ2v) is 9.25. The number of Topliss-reactive ketones (excluding diaryl/α,β-unsaturated/α-hetero) is 1. The number of nitro benzene ring substituents is 1. The average molecular weight is 520 g/mol. The molecule has 0 radical (unpaired) electrons. The fourth-order valence-corrected chi connectivity index (χ4v) is 3.71. The van der Waals surface area contributed by atoms with Crippen LogP contribution in [-0.4, -0.2) is 64.8 Å². The third-order valence-corrected chi connectivity index (χ3v) is 5.69. The number of carbonyl (C=O) groups excluding carboxylic acids is 6. The zero-order chi connectivity index (χ0) is 28.0. The van der Waals surface area contributed by atoms with E-state index in [2.05, 4.69) is 4.74 Å². The third-order valence-electron chi connectivity index (χ3n) is 5.69. The molecule has 2 rings (SSSR count). The molecule has 1 heterocycles. The first-order valence-corrected chi connectivity index (χ1v) is 11.5. The predicted octanol–water partition coefficient (Wildman–Crippen LogP) is 2.30. The monoisotopic (exact) mass is 520 g/mol. The Balaban J connectivity index is 2.09. The van der Waals surface area contributed by atoms with Crippen LogP contribution in [0.15, 0.2) is 24.3 Å². The van der Waals surface area contributed by atoms with E-state index in [9.17, 15) is 38.9 Å². The molecule has 1 saturated heterocycles. The van der Waals surface area contributed by atoms with Crippen LogP contribution < -0.4 is 0 Å². The lowest BCUT2D eigenvalue weighted by atomic mass is 9.72. The van der Waals surface area contributed by atoms with Crippen LogP contribution in [0.5, 0.6) is 0 Å².